The number of benzene rings is 3. The molecule has 3 rings (SSSR count). The van der Waals surface area contributed by atoms with Gasteiger partial charge < -0.3 is 10.1 Å². The fraction of sp³-hybridized carbons (Fsp3) is 0.160. The van der Waals surface area contributed by atoms with E-state index in [4.69, 9.17) is 27.9 Å². The van der Waals surface area contributed by atoms with Crippen LogP contribution in [0.25, 0.3) is 12.2 Å². The van der Waals surface area contributed by atoms with Crippen LogP contribution in [0.5, 0.6) is 11.5 Å². The molecule has 0 fully saturated rings. The van der Waals surface area contributed by atoms with Crippen molar-refractivity contribution in [3.05, 3.63) is 93.5 Å². The van der Waals surface area contributed by atoms with Gasteiger partial charge in [0, 0.05) is 17.1 Å². The van der Waals surface area contributed by atoms with E-state index in [-0.39, 0.29) is 5.91 Å². The van der Waals surface area contributed by atoms with E-state index >= 15 is 0 Å². The SMILES string of the molecule is CC(C)CNC(=O)c1cc(Cl)ccc1C=Cc1ccc(Oc2ccccc2Cl)cc1. The van der Waals surface area contributed by atoms with Crippen molar-refractivity contribution in [2.24, 2.45) is 5.92 Å². The summed E-state index contributed by atoms with van der Waals surface area (Å²) in [4.78, 5) is 12.5. The molecule has 0 radical (unpaired) electrons. The Balaban J connectivity index is 1.74. The molecule has 0 aromatic heterocycles. The molecule has 5 heteroatoms. The third-order valence-corrected chi connectivity index (χ3v) is 4.88. The number of carbonyl (C=O) groups excluding carboxylic acids is 1. The molecule has 3 nitrogen and oxygen atoms in total. The van der Waals surface area contributed by atoms with Gasteiger partial charge in [0.05, 0.1) is 5.02 Å². The Labute approximate surface area is 187 Å². The maximum atomic E-state index is 12.5. The quantitative estimate of drug-likeness (QED) is 0.390. The van der Waals surface area contributed by atoms with Gasteiger partial charge >= 0.3 is 0 Å². The van der Waals surface area contributed by atoms with Gasteiger partial charge in [-0.1, -0.05) is 79.5 Å². The number of carbonyl (C=O) groups is 1. The Morgan fingerprint density at radius 1 is 1.00 bits per heavy atom. The minimum Gasteiger partial charge on any atom is -0.456 e. The highest BCUT2D eigenvalue weighted by Gasteiger charge is 2.11. The summed E-state index contributed by atoms with van der Waals surface area (Å²) in [5.41, 5.74) is 2.33. The number of amides is 1. The molecular weight excluding hydrogens is 417 g/mol. The number of para-hydroxylation sites is 1. The Hall–Kier alpha value is -2.75. The second-order valence-corrected chi connectivity index (χ2v) is 8.11. The fourth-order valence-electron chi connectivity index (χ4n) is 2.75. The summed E-state index contributed by atoms with van der Waals surface area (Å²) in [7, 11) is 0. The molecule has 3 aromatic rings. The molecule has 0 saturated carbocycles. The van der Waals surface area contributed by atoms with Crippen LogP contribution in [0.2, 0.25) is 10.0 Å². The predicted molar refractivity (Wildman–Crippen MR) is 126 cm³/mol. The van der Waals surface area contributed by atoms with E-state index in [2.05, 4.69) is 19.2 Å². The van der Waals surface area contributed by atoms with Gasteiger partial charge in [0.25, 0.3) is 5.91 Å². The van der Waals surface area contributed by atoms with Crippen molar-refractivity contribution in [3.63, 3.8) is 0 Å². The van der Waals surface area contributed by atoms with Crippen LogP contribution in [0.4, 0.5) is 0 Å². The first-order valence-corrected chi connectivity index (χ1v) is 10.5. The van der Waals surface area contributed by atoms with E-state index in [1.54, 1.807) is 18.2 Å². The van der Waals surface area contributed by atoms with Gasteiger partial charge in [-0.3, -0.25) is 4.79 Å². The largest absolute Gasteiger partial charge is 0.456 e. The van der Waals surface area contributed by atoms with Crippen molar-refractivity contribution in [3.8, 4) is 11.5 Å². The minimum absolute atomic E-state index is 0.130. The zero-order valence-corrected chi connectivity index (χ0v) is 18.4. The summed E-state index contributed by atoms with van der Waals surface area (Å²) in [6.07, 6.45) is 3.85. The van der Waals surface area contributed by atoms with Gasteiger partial charge in [-0.25, -0.2) is 0 Å². The number of nitrogens with one attached hydrogen (secondary N) is 1. The molecule has 0 aliphatic rings. The molecular formula is C25H23Cl2NO2. The number of hydrogen-bond acceptors (Lipinski definition) is 2. The average molecular weight is 440 g/mol. The Morgan fingerprint density at radius 3 is 2.43 bits per heavy atom. The van der Waals surface area contributed by atoms with E-state index in [9.17, 15) is 4.79 Å². The monoisotopic (exact) mass is 439 g/mol. The molecule has 0 atom stereocenters. The highest BCUT2D eigenvalue weighted by Crippen LogP contribution is 2.29. The second kappa shape index (κ2) is 10.3. The van der Waals surface area contributed by atoms with Crippen LogP contribution in [0, 0.1) is 5.92 Å². The summed E-state index contributed by atoms with van der Waals surface area (Å²) < 4.78 is 5.81. The van der Waals surface area contributed by atoms with Crippen LogP contribution >= 0.6 is 23.2 Å². The maximum Gasteiger partial charge on any atom is 0.251 e. The lowest BCUT2D eigenvalue weighted by Crippen LogP contribution is -2.27. The molecule has 0 heterocycles. The Bertz CT molecular complexity index is 1040. The van der Waals surface area contributed by atoms with Gasteiger partial charge in [0.15, 0.2) is 0 Å². The molecule has 1 amide bonds. The van der Waals surface area contributed by atoms with Crippen molar-refractivity contribution in [1.82, 2.24) is 5.32 Å². The third kappa shape index (κ3) is 6.12. The van der Waals surface area contributed by atoms with E-state index < -0.39 is 0 Å². The van der Waals surface area contributed by atoms with Gasteiger partial charge in [0.2, 0.25) is 0 Å². The van der Waals surface area contributed by atoms with Crippen LogP contribution < -0.4 is 10.1 Å². The average Bonchev–Trinajstić information content (AvgIpc) is 2.73. The molecule has 3 aromatic carbocycles. The van der Waals surface area contributed by atoms with E-state index in [0.717, 1.165) is 11.1 Å². The zero-order chi connectivity index (χ0) is 21.5. The lowest BCUT2D eigenvalue weighted by atomic mass is 10.0. The molecule has 30 heavy (non-hydrogen) atoms. The topological polar surface area (TPSA) is 38.3 Å². The van der Waals surface area contributed by atoms with Crippen molar-refractivity contribution < 1.29 is 9.53 Å². The smallest absolute Gasteiger partial charge is 0.251 e. The molecule has 0 aliphatic heterocycles. The van der Waals surface area contributed by atoms with E-state index in [0.29, 0.717) is 39.6 Å². The molecule has 154 valence electrons. The van der Waals surface area contributed by atoms with Gasteiger partial charge in [-0.2, -0.15) is 0 Å². The molecule has 0 bridgehead atoms. The summed E-state index contributed by atoms with van der Waals surface area (Å²) in [6.45, 7) is 4.72. The highest BCUT2D eigenvalue weighted by atomic mass is 35.5. The van der Waals surface area contributed by atoms with Crippen molar-refractivity contribution in [1.29, 1.82) is 0 Å². The normalized spacial score (nSPS) is 11.1. The van der Waals surface area contributed by atoms with Crippen LogP contribution in [0.15, 0.2) is 66.7 Å². The van der Waals surface area contributed by atoms with Crippen molar-refractivity contribution >= 4 is 41.3 Å². The van der Waals surface area contributed by atoms with Gasteiger partial charge in [0.1, 0.15) is 11.5 Å². The highest BCUT2D eigenvalue weighted by molar-refractivity contribution is 6.32. The lowest BCUT2D eigenvalue weighted by molar-refractivity contribution is 0.0949. The van der Waals surface area contributed by atoms with Crippen LogP contribution in [0.3, 0.4) is 0 Å². The Kier molecular flexibility index (Phi) is 7.56. The number of rotatable bonds is 7. The fourth-order valence-corrected chi connectivity index (χ4v) is 3.10. The van der Waals surface area contributed by atoms with E-state index in [1.165, 1.54) is 0 Å². The van der Waals surface area contributed by atoms with Crippen molar-refractivity contribution in [2.45, 2.75) is 13.8 Å². The summed E-state index contributed by atoms with van der Waals surface area (Å²) >= 11 is 12.2. The summed E-state index contributed by atoms with van der Waals surface area (Å²) in [5, 5.41) is 4.03. The molecule has 1 N–H and O–H groups in total. The van der Waals surface area contributed by atoms with Crippen LogP contribution in [0.1, 0.15) is 35.3 Å². The Morgan fingerprint density at radius 2 is 1.73 bits per heavy atom. The first kappa shape index (κ1) is 21.9. The number of ether oxygens (including phenoxy) is 1. The molecule has 0 spiro atoms. The van der Waals surface area contributed by atoms with Crippen LogP contribution in [-0.4, -0.2) is 12.5 Å². The number of halogens is 2. The van der Waals surface area contributed by atoms with Gasteiger partial charge in [-0.05, 0) is 53.4 Å². The van der Waals surface area contributed by atoms with Crippen molar-refractivity contribution in [2.75, 3.05) is 6.54 Å². The third-order valence-electron chi connectivity index (χ3n) is 4.33. The maximum absolute atomic E-state index is 12.5. The standard InChI is InChI=1S/C25H23Cl2NO2/c1-17(2)16-28-25(29)22-15-20(26)12-11-19(22)10-7-18-8-13-21(14-9-18)30-24-6-4-3-5-23(24)27/h3-15,17H,16H2,1-2H3,(H,28,29). The summed E-state index contributed by atoms with van der Waals surface area (Å²) in [5.74, 6) is 1.55. The first-order valence-electron chi connectivity index (χ1n) is 9.70. The summed E-state index contributed by atoms with van der Waals surface area (Å²) in [6, 6.07) is 20.3. The molecule has 0 unspecified atom stereocenters. The minimum atomic E-state index is -0.130. The first-order chi connectivity index (χ1) is 14.4. The molecule has 0 saturated heterocycles. The lowest BCUT2D eigenvalue weighted by Gasteiger charge is -2.10. The second-order valence-electron chi connectivity index (χ2n) is 7.27. The molecule has 0 aliphatic carbocycles. The zero-order valence-electron chi connectivity index (χ0n) is 16.9. The van der Waals surface area contributed by atoms with Crippen LogP contribution in [-0.2, 0) is 0 Å². The van der Waals surface area contributed by atoms with E-state index in [1.807, 2.05) is 60.7 Å². The predicted octanol–water partition coefficient (Wildman–Crippen LogP) is 7.34. The number of hydrogen-bond donors (Lipinski definition) is 1. The van der Waals surface area contributed by atoms with Gasteiger partial charge in [-0.15, -0.1) is 0 Å².